The average Bonchev–Trinajstić information content (AvgIpc) is 2.74. The van der Waals surface area contributed by atoms with Crippen LogP contribution >= 0.6 is 0 Å². The number of nitrogens with one attached hydrogen (secondary N) is 1. The van der Waals surface area contributed by atoms with Crippen LogP contribution in [0.3, 0.4) is 0 Å². The molecule has 2 aromatic carbocycles. The van der Waals surface area contributed by atoms with E-state index >= 15 is 0 Å². The molecule has 0 spiro atoms. The standard InChI is InChI=1S/C22H22N2O3/c1-26-17-11-9-15(10-12-17)18-7-4-14-27-21(18)22(25)24-19-8-2-5-16-6-3-13-23-20(16)19/h2-3,5-6,8-13,18,21H,4,7,14H2,1H3,(H,24,25)/t18-,21-/m0/s1. The van der Waals surface area contributed by atoms with Crippen molar-refractivity contribution in [3.8, 4) is 5.75 Å². The van der Waals surface area contributed by atoms with E-state index in [1.165, 1.54) is 0 Å². The molecule has 3 aromatic rings. The summed E-state index contributed by atoms with van der Waals surface area (Å²) in [5, 5.41) is 4.02. The first-order valence-electron chi connectivity index (χ1n) is 9.16. The van der Waals surface area contributed by atoms with Crippen LogP contribution in [0.4, 0.5) is 5.69 Å². The Morgan fingerprint density at radius 1 is 1.15 bits per heavy atom. The Kier molecular flexibility index (Phi) is 5.03. The smallest absolute Gasteiger partial charge is 0.254 e. The summed E-state index contributed by atoms with van der Waals surface area (Å²) >= 11 is 0. The highest BCUT2D eigenvalue weighted by molar-refractivity contribution is 6.02. The second-order valence-corrected chi connectivity index (χ2v) is 6.68. The number of nitrogens with zero attached hydrogens (tertiary/aromatic N) is 1. The van der Waals surface area contributed by atoms with Crippen molar-refractivity contribution in [3.63, 3.8) is 0 Å². The van der Waals surface area contributed by atoms with E-state index in [1.54, 1.807) is 13.3 Å². The Morgan fingerprint density at radius 2 is 1.96 bits per heavy atom. The van der Waals surface area contributed by atoms with E-state index in [9.17, 15) is 4.79 Å². The average molecular weight is 362 g/mol. The van der Waals surface area contributed by atoms with Crippen LogP contribution in [0.2, 0.25) is 0 Å². The van der Waals surface area contributed by atoms with Gasteiger partial charge in [0, 0.05) is 24.1 Å². The normalized spacial score (nSPS) is 19.6. The molecule has 2 atom stereocenters. The fourth-order valence-corrected chi connectivity index (χ4v) is 3.64. The number of rotatable bonds is 4. The Bertz CT molecular complexity index is 934. The summed E-state index contributed by atoms with van der Waals surface area (Å²) in [6, 6.07) is 17.5. The van der Waals surface area contributed by atoms with Crippen molar-refractivity contribution in [2.24, 2.45) is 0 Å². The van der Waals surface area contributed by atoms with Crippen molar-refractivity contribution in [1.82, 2.24) is 4.98 Å². The van der Waals surface area contributed by atoms with E-state index in [4.69, 9.17) is 9.47 Å². The molecular weight excluding hydrogens is 340 g/mol. The molecule has 0 saturated carbocycles. The molecule has 0 bridgehead atoms. The minimum Gasteiger partial charge on any atom is -0.497 e. The number of carbonyl (C=O) groups excluding carboxylic acids is 1. The molecule has 0 aliphatic carbocycles. The van der Waals surface area contributed by atoms with Gasteiger partial charge in [-0.1, -0.05) is 30.3 Å². The lowest BCUT2D eigenvalue weighted by Gasteiger charge is -2.31. The highest BCUT2D eigenvalue weighted by atomic mass is 16.5. The lowest BCUT2D eigenvalue weighted by molar-refractivity contribution is -0.131. The van der Waals surface area contributed by atoms with Crippen LogP contribution in [-0.2, 0) is 9.53 Å². The summed E-state index contributed by atoms with van der Waals surface area (Å²) < 4.78 is 11.1. The molecule has 0 radical (unpaired) electrons. The van der Waals surface area contributed by atoms with E-state index in [0.717, 1.165) is 35.1 Å². The van der Waals surface area contributed by atoms with Gasteiger partial charge in [0.25, 0.3) is 5.91 Å². The zero-order valence-electron chi connectivity index (χ0n) is 15.2. The van der Waals surface area contributed by atoms with Crippen molar-refractivity contribution in [1.29, 1.82) is 0 Å². The fourth-order valence-electron chi connectivity index (χ4n) is 3.64. The number of carbonyl (C=O) groups is 1. The van der Waals surface area contributed by atoms with Crippen LogP contribution in [0.5, 0.6) is 5.75 Å². The molecule has 27 heavy (non-hydrogen) atoms. The lowest BCUT2D eigenvalue weighted by Crippen LogP contribution is -2.39. The van der Waals surface area contributed by atoms with Crippen LogP contribution in [0, 0.1) is 0 Å². The molecule has 1 aliphatic heterocycles. The van der Waals surface area contributed by atoms with E-state index in [0.29, 0.717) is 12.3 Å². The van der Waals surface area contributed by atoms with Crippen molar-refractivity contribution in [3.05, 3.63) is 66.4 Å². The maximum atomic E-state index is 13.0. The van der Waals surface area contributed by atoms with Gasteiger partial charge in [-0.25, -0.2) is 0 Å². The summed E-state index contributed by atoms with van der Waals surface area (Å²) in [7, 11) is 1.65. The number of hydrogen-bond donors (Lipinski definition) is 1. The number of methoxy groups -OCH3 is 1. The SMILES string of the molecule is COc1ccc([C@@H]2CCCO[C@@H]2C(=O)Nc2cccc3cccnc23)cc1. The number of para-hydroxylation sites is 1. The molecule has 5 heteroatoms. The zero-order valence-corrected chi connectivity index (χ0v) is 15.2. The highest BCUT2D eigenvalue weighted by Crippen LogP contribution is 2.33. The molecular formula is C22H22N2O3. The third-order valence-corrected chi connectivity index (χ3v) is 5.02. The number of fused-ring (bicyclic) bond motifs is 1. The third kappa shape index (κ3) is 3.64. The second-order valence-electron chi connectivity index (χ2n) is 6.68. The Morgan fingerprint density at radius 3 is 2.78 bits per heavy atom. The fraction of sp³-hybridized carbons (Fsp3) is 0.273. The molecule has 1 saturated heterocycles. The van der Waals surface area contributed by atoms with E-state index in [1.807, 2.05) is 54.6 Å². The molecule has 5 nitrogen and oxygen atoms in total. The third-order valence-electron chi connectivity index (χ3n) is 5.02. The quantitative estimate of drug-likeness (QED) is 0.758. The Balaban J connectivity index is 1.58. The molecule has 0 unspecified atom stereocenters. The molecule has 4 rings (SSSR count). The molecule has 1 N–H and O–H groups in total. The summed E-state index contributed by atoms with van der Waals surface area (Å²) in [5.74, 6) is 0.694. The number of pyridine rings is 1. The molecule has 1 aliphatic rings. The number of amides is 1. The Hall–Kier alpha value is -2.92. The molecule has 2 heterocycles. The maximum Gasteiger partial charge on any atom is 0.254 e. The van der Waals surface area contributed by atoms with Gasteiger partial charge in [-0.2, -0.15) is 0 Å². The van der Waals surface area contributed by atoms with Gasteiger partial charge in [-0.3, -0.25) is 9.78 Å². The number of benzene rings is 2. The minimum atomic E-state index is -0.522. The van der Waals surface area contributed by atoms with Crippen molar-refractivity contribution >= 4 is 22.5 Å². The largest absolute Gasteiger partial charge is 0.497 e. The predicted molar refractivity (Wildman–Crippen MR) is 105 cm³/mol. The van der Waals surface area contributed by atoms with E-state index in [-0.39, 0.29) is 11.8 Å². The highest BCUT2D eigenvalue weighted by Gasteiger charge is 2.33. The van der Waals surface area contributed by atoms with Crippen molar-refractivity contribution in [2.75, 3.05) is 19.0 Å². The van der Waals surface area contributed by atoms with Crippen molar-refractivity contribution in [2.45, 2.75) is 24.9 Å². The second kappa shape index (κ2) is 7.76. The molecule has 1 fully saturated rings. The predicted octanol–water partition coefficient (Wildman–Crippen LogP) is 4.14. The number of hydrogen-bond acceptors (Lipinski definition) is 4. The summed E-state index contributed by atoms with van der Waals surface area (Å²) in [5.41, 5.74) is 2.58. The van der Waals surface area contributed by atoms with Crippen LogP contribution in [0.25, 0.3) is 10.9 Å². The monoisotopic (exact) mass is 362 g/mol. The first kappa shape index (κ1) is 17.5. The zero-order chi connectivity index (χ0) is 18.6. The van der Waals surface area contributed by atoms with Gasteiger partial charge in [0.1, 0.15) is 11.9 Å². The maximum absolute atomic E-state index is 13.0. The van der Waals surface area contributed by atoms with Crippen LogP contribution in [0.15, 0.2) is 60.8 Å². The van der Waals surface area contributed by atoms with Gasteiger partial charge in [0.05, 0.1) is 18.3 Å². The minimum absolute atomic E-state index is 0.0209. The number of aromatic nitrogens is 1. The molecule has 1 aromatic heterocycles. The summed E-state index contributed by atoms with van der Waals surface area (Å²) in [6.07, 6.45) is 3.06. The van der Waals surface area contributed by atoms with Gasteiger partial charge in [0.2, 0.25) is 0 Å². The van der Waals surface area contributed by atoms with Crippen molar-refractivity contribution < 1.29 is 14.3 Å². The van der Waals surface area contributed by atoms with Gasteiger partial charge in [-0.05, 0) is 42.7 Å². The van der Waals surface area contributed by atoms with Crippen LogP contribution < -0.4 is 10.1 Å². The first-order chi connectivity index (χ1) is 13.3. The van der Waals surface area contributed by atoms with E-state index in [2.05, 4.69) is 10.3 Å². The molecule has 138 valence electrons. The van der Waals surface area contributed by atoms with Gasteiger partial charge < -0.3 is 14.8 Å². The number of anilines is 1. The molecule has 1 amide bonds. The first-order valence-corrected chi connectivity index (χ1v) is 9.16. The van der Waals surface area contributed by atoms with E-state index < -0.39 is 6.10 Å². The number of ether oxygens (including phenoxy) is 2. The topological polar surface area (TPSA) is 60.5 Å². The summed E-state index contributed by atoms with van der Waals surface area (Å²) in [4.78, 5) is 17.4. The van der Waals surface area contributed by atoms with Crippen LogP contribution in [-0.4, -0.2) is 30.7 Å². The lowest BCUT2D eigenvalue weighted by atomic mass is 9.87. The Labute approximate surface area is 158 Å². The summed E-state index contributed by atoms with van der Waals surface area (Å²) in [6.45, 7) is 0.596. The van der Waals surface area contributed by atoms with Gasteiger partial charge in [-0.15, -0.1) is 0 Å². The van der Waals surface area contributed by atoms with Gasteiger partial charge >= 0.3 is 0 Å². The van der Waals surface area contributed by atoms with Gasteiger partial charge in [0.15, 0.2) is 0 Å². The van der Waals surface area contributed by atoms with Crippen LogP contribution in [0.1, 0.15) is 24.3 Å².